The zero-order chi connectivity index (χ0) is 6.81. The monoisotopic (exact) mass is 139 g/mol. The van der Waals surface area contributed by atoms with Crippen LogP contribution >= 0.6 is 0 Å². The van der Waals surface area contributed by atoms with Gasteiger partial charge in [0.15, 0.2) is 0 Å². The molecule has 0 bridgehead atoms. The normalized spacial score (nSPS) is 40.8. The first-order chi connectivity index (χ1) is 4.97. The third-order valence-electron chi connectivity index (χ3n) is 2.79. The molecule has 2 unspecified atom stereocenters. The first kappa shape index (κ1) is 6.62. The van der Waals surface area contributed by atoms with E-state index in [-0.39, 0.29) is 0 Å². The van der Waals surface area contributed by atoms with Crippen molar-refractivity contribution < 1.29 is 0 Å². The van der Waals surface area contributed by atoms with Crippen molar-refractivity contribution in [3.8, 4) is 0 Å². The van der Waals surface area contributed by atoms with Crippen molar-refractivity contribution in [2.45, 2.75) is 12.8 Å². The van der Waals surface area contributed by atoms with Crippen LogP contribution in [0, 0.1) is 11.8 Å². The first-order valence-corrected chi connectivity index (χ1v) is 4.31. The van der Waals surface area contributed by atoms with Gasteiger partial charge in [-0.15, -0.1) is 0 Å². The molecule has 2 nitrogen and oxygen atoms in total. The zero-order valence-corrected chi connectivity index (χ0v) is 6.34. The second kappa shape index (κ2) is 2.89. The smallest absolute Gasteiger partial charge is 0.0176 e. The van der Waals surface area contributed by atoms with Crippen LogP contribution in [-0.2, 0) is 0 Å². The van der Waals surface area contributed by atoms with E-state index in [0.717, 1.165) is 24.9 Å². The molecular formula is C8H15N2. The molecule has 0 aliphatic carbocycles. The lowest BCUT2D eigenvalue weighted by molar-refractivity contribution is 0.197. The molecule has 1 radical (unpaired) electrons. The quantitative estimate of drug-likeness (QED) is 0.510. The predicted octanol–water partition coefficient (Wildman–Crippen LogP) is 0.220. The van der Waals surface area contributed by atoms with Crippen molar-refractivity contribution >= 4 is 0 Å². The highest BCUT2D eigenvalue weighted by Crippen LogP contribution is 2.24. The molecule has 2 saturated heterocycles. The maximum atomic E-state index is 4.42. The van der Waals surface area contributed by atoms with Crippen molar-refractivity contribution in [3.63, 3.8) is 0 Å². The van der Waals surface area contributed by atoms with Crippen LogP contribution < -0.4 is 10.6 Å². The molecule has 0 aromatic rings. The Morgan fingerprint density at radius 1 is 1.20 bits per heavy atom. The van der Waals surface area contributed by atoms with E-state index in [2.05, 4.69) is 10.6 Å². The van der Waals surface area contributed by atoms with Gasteiger partial charge in [-0.1, -0.05) is 0 Å². The lowest BCUT2D eigenvalue weighted by atomic mass is 9.82. The molecule has 0 amide bonds. The molecule has 10 heavy (non-hydrogen) atoms. The Morgan fingerprint density at radius 2 is 2.20 bits per heavy atom. The fraction of sp³-hybridized carbons (Fsp3) is 1.00. The second-order valence-electron chi connectivity index (χ2n) is 3.43. The standard InChI is InChI=1S/C8H15N2/c1-3-9-5-8-6-10-4-2-7(1)8/h7-9H,1-6H2. The van der Waals surface area contributed by atoms with E-state index >= 15 is 0 Å². The summed E-state index contributed by atoms with van der Waals surface area (Å²) in [5.74, 6) is 1.88. The largest absolute Gasteiger partial charge is 0.316 e. The molecule has 2 heteroatoms. The number of nitrogens with zero attached hydrogens (tertiary/aromatic N) is 1. The van der Waals surface area contributed by atoms with Crippen molar-refractivity contribution in [1.29, 1.82) is 0 Å². The Bertz CT molecular complexity index is 87.8. The van der Waals surface area contributed by atoms with Crippen LogP contribution in [0.5, 0.6) is 0 Å². The minimum atomic E-state index is 0.877. The van der Waals surface area contributed by atoms with E-state index in [1.54, 1.807) is 0 Å². The van der Waals surface area contributed by atoms with Gasteiger partial charge in [-0.25, -0.2) is 5.32 Å². The second-order valence-corrected chi connectivity index (χ2v) is 3.43. The minimum absolute atomic E-state index is 0.877. The van der Waals surface area contributed by atoms with Crippen molar-refractivity contribution in [2.24, 2.45) is 11.8 Å². The summed E-state index contributed by atoms with van der Waals surface area (Å²) in [4.78, 5) is 0. The first-order valence-electron chi connectivity index (χ1n) is 4.31. The molecule has 2 heterocycles. The molecule has 0 saturated carbocycles. The Morgan fingerprint density at radius 3 is 3.10 bits per heavy atom. The predicted molar refractivity (Wildman–Crippen MR) is 41.0 cm³/mol. The number of piperidine rings is 2. The molecule has 0 aromatic carbocycles. The van der Waals surface area contributed by atoms with Gasteiger partial charge in [0, 0.05) is 13.1 Å². The summed E-state index contributed by atoms with van der Waals surface area (Å²) in [5.41, 5.74) is 0. The van der Waals surface area contributed by atoms with Gasteiger partial charge in [-0.3, -0.25) is 0 Å². The summed E-state index contributed by atoms with van der Waals surface area (Å²) in [6.07, 6.45) is 2.74. The fourth-order valence-corrected chi connectivity index (χ4v) is 2.09. The molecule has 2 fully saturated rings. The maximum Gasteiger partial charge on any atom is 0.0176 e. The Hall–Kier alpha value is -0.0800. The highest BCUT2D eigenvalue weighted by Gasteiger charge is 2.27. The number of rotatable bonds is 0. The molecular weight excluding hydrogens is 124 g/mol. The van der Waals surface area contributed by atoms with Crippen molar-refractivity contribution in [2.75, 3.05) is 26.2 Å². The van der Waals surface area contributed by atoms with Crippen LogP contribution in [0.4, 0.5) is 0 Å². The van der Waals surface area contributed by atoms with Crippen LogP contribution in [0.2, 0.25) is 0 Å². The molecule has 0 aromatic heterocycles. The van der Waals surface area contributed by atoms with Crippen LogP contribution in [0.25, 0.3) is 0 Å². The zero-order valence-electron chi connectivity index (χ0n) is 6.34. The van der Waals surface area contributed by atoms with E-state index in [9.17, 15) is 0 Å². The SMILES string of the molecule is C1CC2CCNCC2C[N]1. The molecule has 2 aliphatic rings. The lowest BCUT2D eigenvalue weighted by Gasteiger charge is -2.35. The molecule has 2 atom stereocenters. The highest BCUT2D eigenvalue weighted by molar-refractivity contribution is 4.83. The Kier molecular flexibility index (Phi) is 1.91. The molecule has 2 rings (SSSR count). The van der Waals surface area contributed by atoms with Gasteiger partial charge in [0.1, 0.15) is 0 Å². The van der Waals surface area contributed by atoms with Crippen molar-refractivity contribution in [1.82, 2.24) is 10.6 Å². The van der Waals surface area contributed by atoms with E-state index in [1.165, 1.54) is 25.9 Å². The van der Waals surface area contributed by atoms with Gasteiger partial charge in [-0.2, -0.15) is 0 Å². The summed E-state index contributed by atoms with van der Waals surface area (Å²) in [6.45, 7) is 4.70. The van der Waals surface area contributed by atoms with E-state index in [0.29, 0.717) is 0 Å². The van der Waals surface area contributed by atoms with Gasteiger partial charge in [0.2, 0.25) is 0 Å². The van der Waals surface area contributed by atoms with Crippen LogP contribution in [0.15, 0.2) is 0 Å². The Balaban J connectivity index is 1.93. The average Bonchev–Trinajstić information content (AvgIpc) is 2.05. The Labute approximate surface area is 62.4 Å². The van der Waals surface area contributed by atoms with Crippen LogP contribution in [-0.4, -0.2) is 26.2 Å². The molecule has 1 N–H and O–H groups in total. The lowest BCUT2D eigenvalue weighted by Crippen LogP contribution is -2.44. The van der Waals surface area contributed by atoms with E-state index < -0.39 is 0 Å². The van der Waals surface area contributed by atoms with Gasteiger partial charge in [-0.05, 0) is 37.8 Å². The fourth-order valence-electron chi connectivity index (χ4n) is 2.09. The number of hydrogen-bond donors (Lipinski definition) is 1. The van der Waals surface area contributed by atoms with Gasteiger partial charge in [0.05, 0.1) is 0 Å². The van der Waals surface area contributed by atoms with E-state index in [4.69, 9.17) is 0 Å². The van der Waals surface area contributed by atoms with Crippen LogP contribution in [0.3, 0.4) is 0 Å². The summed E-state index contributed by atoms with van der Waals surface area (Å²) in [6, 6.07) is 0. The topological polar surface area (TPSA) is 26.1 Å². The van der Waals surface area contributed by atoms with Gasteiger partial charge >= 0.3 is 0 Å². The average molecular weight is 139 g/mol. The third-order valence-corrected chi connectivity index (χ3v) is 2.79. The van der Waals surface area contributed by atoms with Gasteiger partial charge in [0.25, 0.3) is 0 Å². The van der Waals surface area contributed by atoms with Crippen molar-refractivity contribution in [3.05, 3.63) is 0 Å². The number of hydrogen-bond acceptors (Lipinski definition) is 1. The summed E-state index contributed by atoms with van der Waals surface area (Å²) >= 11 is 0. The summed E-state index contributed by atoms with van der Waals surface area (Å²) in [7, 11) is 0. The van der Waals surface area contributed by atoms with Crippen LogP contribution in [0.1, 0.15) is 12.8 Å². The number of nitrogens with one attached hydrogen (secondary N) is 1. The molecule has 0 spiro atoms. The number of fused-ring (bicyclic) bond motifs is 1. The maximum absolute atomic E-state index is 4.42. The van der Waals surface area contributed by atoms with E-state index in [1.807, 2.05) is 0 Å². The summed E-state index contributed by atoms with van der Waals surface area (Å²) < 4.78 is 0. The van der Waals surface area contributed by atoms with Gasteiger partial charge < -0.3 is 5.32 Å². The third kappa shape index (κ3) is 1.18. The minimum Gasteiger partial charge on any atom is -0.316 e. The highest BCUT2D eigenvalue weighted by atomic mass is 14.9. The summed E-state index contributed by atoms with van der Waals surface area (Å²) in [5, 5.41) is 7.85. The molecule has 57 valence electrons. The molecule has 2 aliphatic heterocycles.